The van der Waals surface area contributed by atoms with Gasteiger partial charge in [0.25, 0.3) is 0 Å². The third-order valence-corrected chi connectivity index (χ3v) is 10.5. The number of rotatable bonds is 8. The quantitative estimate of drug-likeness (QED) is 0.0944. The molecule has 3 aliphatic heterocycles. The Balaban J connectivity index is 0.00000486. The molecular weight excluding hydrogens is 645 g/mol. The molecule has 0 amide bonds. The minimum atomic E-state index is -1.24. The number of esters is 2. The van der Waals surface area contributed by atoms with Gasteiger partial charge in [0.2, 0.25) is 0 Å². The van der Waals surface area contributed by atoms with E-state index in [4.69, 9.17) is 30.1 Å². The van der Waals surface area contributed by atoms with Crippen LogP contribution < -0.4 is 9.97 Å². The van der Waals surface area contributed by atoms with Crippen LogP contribution in [0.2, 0.25) is 0 Å². The van der Waals surface area contributed by atoms with Crippen molar-refractivity contribution >= 4 is 70.4 Å². The maximum absolute atomic E-state index is 14.1. The van der Waals surface area contributed by atoms with E-state index in [-0.39, 0.29) is 77.3 Å². The van der Waals surface area contributed by atoms with Crippen LogP contribution in [0, 0.1) is 43.4 Å². The van der Waals surface area contributed by atoms with Crippen molar-refractivity contribution in [2.75, 3.05) is 13.7 Å². The first-order valence-electron chi connectivity index (χ1n) is 17.0. The Morgan fingerprint density at radius 1 is 0.900 bits per heavy atom. The zero-order valence-electron chi connectivity index (χ0n) is 30.0. The molecule has 2 saturated heterocycles. The number of allylic oxidation sites excluding steroid dienone is 5. The standard InChI is InChI=1S/C39H44N4O6.Mg/c1-9-11-14-49-31(45)13-12-24-19(4)26-15-27-20(5)32(22(7)44)30(41-27)17-25-18(3)23(10-2)29(40-25)16-28-21(6)33-37(43-28)34(36(24)42-26)35(38(33)46)39(47)48-8;/h9,11,15-19,23-24,35H,10,12-14H2,1-8H3,(H2-2,40,41,42,43,44,46);/q-2;+2/p-2/b11-9+,26-15-,29-16-;. The minimum absolute atomic E-state index is 0. The fourth-order valence-electron chi connectivity index (χ4n) is 7.75. The van der Waals surface area contributed by atoms with Gasteiger partial charge < -0.3 is 30.1 Å². The molecule has 5 atom stereocenters. The summed E-state index contributed by atoms with van der Waals surface area (Å²) in [5.74, 6) is -3.18. The summed E-state index contributed by atoms with van der Waals surface area (Å²) in [7, 11) is 1.26. The molecule has 10 nitrogen and oxygen atoms in total. The molecule has 0 saturated carbocycles. The summed E-state index contributed by atoms with van der Waals surface area (Å²) in [5, 5.41) is 10.2. The Morgan fingerprint density at radius 2 is 1.54 bits per heavy atom. The smallest absolute Gasteiger partial charge is 0.664 e. The first-order valence-corrected chi connectivity index (χ1v) is 17.0. The van der Waals surface area contributed by atoms with Crippen LogP contribution >= 0.6 is 0 Å². The Bertz CT molecular complexity index is 1920. The molecule has 0 aromatic carbocycles. The van der Waals surface area contributed by atoms with Crippen molar-refractivity contribution in [2.24, 2.45) is 29.6 Å². The van der Waals surface area contributed by atoms with Gasteiger partial charge in [0, 0.05) is 17.5 Å². The Labute approximate surface area is 309 Å². The van der Waals surface area contributed by atoms with Crippen molar-refractivity contribution in [3.8, 4) is 0 Å². The zero-order valence-corrected chi connectivity index (χ0v) is 31.5. The number of fused-ring (bicyclic) bond motifs is 7. The molecule has 5 unspecified atom stereocenters. The molecule has 5 heterocycles. The van der Waals surface area contributed by atoms with Crippen molar-refractivity contribution in [1.29, 1.82) is 0 Å². The molecule has 6 rings (SSSR count). The predicted octanol–water partition coefficient (Wildman–Crippen LogP) is 7.06. The SMILES string of the molecule is C/C=C/COC(=O)CCC1/C2=C3/c4[n-]c(c(C)c4C(=O)C3C(=O)OC)/C=C3\[N-]/C(=C\c4[n-]c(c(C)c4C(C)=O)/C=C(\[N-]2)C1C)C(C)C3CC.[Mg+2]. The molecule has 50 heavy (non-hydrogen) atoms. The zero-order chi connectivity index (χ0) is 35.3. The Kier molecular flexibility index (Phi) is 10.9. The average molecular weight is 687 g/mol. The van der Waals surface area contributed by atoms with Crippen LogP contribution in [-0.2, 0) is 19.1 Å². The number of carbonyl (C=O) groups excluding carboxylic acids is 4. The minimum Gasteiger partial charge on any atom is -0.664 e. The average Bonchev–Trinajstić information content (AvgIpc) is 3.80. The third-order valence-electron chi connectivity index (χ3n) is 10.5. The number of Topliss-reactive ketones (excluding diaryl/α,β-unsaturated/α-hetero) is 2. The first kappa shape index (κ1) is 37.2. The Morgan fingerprint density at radius 3 is 2.20 bits per heavy atom. The largest absolute Gasteiger partial charge is 2.00 e. The summed E-state index contributed by atoms with van der Waals surface area (Å²) >= 11 is 0. The van der Waals surface area contributed by atoms with Crippen LogP contribution in [0.15, 0.2) is 34.9 Å². The van der Waals surface area contributed by atoms with Crippen LogP contribution in [0.3, 0.4) is 0 Å². The summed E-state index contributed by atoms with van der Waals surface area (Å²) in [6, 6.07) is 0. The maximum atomic E-state index is 14.1. The fourth-order valence-corrected chi connectivity index (χ4v) is 7.75. The molecule has 8 bridgehead atoms. The first-order chi connectivity index (χ1) is 23.4. The van der Waals surface area contributed by atoms with Gasteiger partial charge in [-0.1, -0.05) is 74.3 Å². The van der Waals surface area contributed by atoms with Gasteiger partial charge in [0.05, 0.1) is 7.11 Å². The van der Waals surface area contributed by atoms with E-state index in [2.05, 4.69) is 13.8 Å². The second-order valence-corrected chi connectivity index (χ2v) is 13.3. The normalized spacial score (nSPS) is 28.1. The van der Waals surface area contributed by atoms with Gasteiger partial charge >= 0.3 is 35.0 Å². The van der Waals surface area contributed by atoms with E-state index in [1.165, 1.54) is 7.11 Å². The molecule has 2 aromatic rings. The number of aromatic nitrogens is 2. The monoisotopic (exact) mass is 686 g/mol. The van der Waals surface area contributed by atoms with E-state index in [0.717, 1.165) is 23.4 Å². The number of ketones is 2. The van der Waals surface area contributed by atoms with Gasteiger partial charge in [-0.2, -0.15) is 22.8 Å². The van der Waals surface area contributed by atoms with Crippen molar-refractivity contribution in [3.63, 3.8) is 0 Å². The summed E-state index contributed by atoms with van der Waals surface area (Å²) in [4.78, 5) is 63.3. The number of ether oxygens (including phenoxy) is 2. The van der Waals surface area contributed by atoms with Crippen LogP contribution in [0.5, 0.6) is 0 Å². The van der Waals surface area contributed by atoms with Gasteiger partial charge in [0.15, 0.2) is 11.6 Å². The number of methoxy groups -OCH3 is 1. The number of nitrogens with zero attached hydrogens (tertiary/aromatic N) is 4. The van der Waals surface area contributed by atoms with Crippen LogP contribution in [0.25, 0.3) is 34.4 Å². The second-order valence-electron chi connectivity index (χ2n) is 13.3. The predicted molar refractivity (Wildman–Crippen MR) is 193 cm³/mol. The van der Waals surface area contributed by atoms with E-state index in [1.807, 2.05) is 52.0 Å². The van der Waals surface area contributed by atoms with Crippen molar-refractivity contribution in [2.45, 2.75) is 67.7 Å². The molecule has 258 valence electrons. The van der Waals surface area contributed by atoms with E-state index in [1.54, 1.807) is 13.0 Å². The van der Waals surface area contributed by atoms with E-state index in [9.17, 15) is 19.2 Å². The molecule has 11 heteroatoms. The molecule has 0 N–H and O–H groups in total. The maximum Gasteiger partial charge on any atom is 2.00 e. The van der Waals surface area contributed by atoms with Gasteiger partial charge in [-0.05, 0) is 57.8 Å². The molecule has 2 aromatic heterocycles. The molecule has 2 fully saturated rings. The van der Waals surface area contributed by atoms with Gasteiger partial charge in [0.1, 0.15) is 12.5 Å². The van der Waals surface area contributed by atoms with Crippen LogP contribution in [-0.4, -0.2) is 60.3 Å². The van der Waals surface area contributed by atoms with E-state index < -0.39 is 11.9 Å². The van der Waals surface area contributed by atoms with Crippen molar-refractivity contribution in [1.82, 2.24) is 9.97 Å². The summed E-state index contributed by atoms with van der Waals surface area (Å²) in [5.41, 5.74) is 7.79. The number of hydrogen-bond donors (Lipinski definition) is 0. The van der Waals surface area contributed by atoms with Crippen molar-refractivity contribution in [3.05, 3.63) is 90.6 Å². The number of carbonyl (C=O) groups is 4. The summed E-state index contributed by atoms with van der Waals surface area (Å²) < 4.78 is 10.6. The Hall–Kier alpha value is -4.09. The number of hydrogen-bond acceptors (Lipinski definition) is 6. The topological polar surface area (TPSA) is 143 Å². The second kappa shape index (κ2) is 14.6. The molecule has 0 spiro atoms. The fraction of sp³-hybridized carbons (Fsp3) is 0.436. The molecule has 1 aliphatic carbocycles. The summed E-state index contributed by atoms with van der Waals surface area (Å²) in [6.45, 7) is 13.5. The van der Waals surface area contributed by atoms with Gasteiger partial charge in [-0.3, -0.25) is 19.2 Å². The molecular formula is C39H42MgN4O6-2. The van der Waals surface area contributed by atoms with E-state index in [0.29, 0.717) is 62.9 Å². The van der Waals surface area contributed by atoms with Crippen LogP contribution in [0.4, 0.5) is 0 Å². The molecule has 0 radical (unpaired) electrons. The van der Waals surface area contributed by atoms with Gasteiger partial charge in [-0.15, -0.1) is 22.8 Å². The summed E-state index contributed by atoms with van der Waals surface area (Å²) in [6.07, 6.45) is 10.6. The van der Waals surface area contributed by atoms with Crippen LogP contribution in [0.1, 0.15) is 108 Å². The van der Waals surface area contributed by atoms with Crippen molar-refractivity contribution < 1.29 is 28.7 Å². The van der Waals surface area contributed by atoms with Gasteiger partial charge in [-0.25, -0.2) is 0 Å². The van der Waals surface area contributed by atoms with E-state index >= 15 is 0 Å². The molecule has 4 aliphatic rings. The third kappa shape index (κ3) is 6.23.